The summed E-state index contributed by atoms with van der Waals surface area (Å²) in [5.41, 5.74) is 1.65. The number of fused-ring (bicyclic) bond motifs is 1. The summed E-state index contributed by atoms with van der Waals surface area (Å²) in [6.07, 6.45) is 0.616. The highest BCUT2D eigenvalue weighted by Gasteiger charge is 2.32. The molecule has 0 spiro atoms. The summed E-state index contributed by atoms with van der Waals surface area (Å²) in [7, 11) is -3.94. The zero-order valence-electron chi connectivity index (χ0n) is 15.0. The van der Waals surface area contributed by atoms with Gasteiger partial charge in [-0.1, -0.05) is 41.4 Å². The van der Waals surface area contributed by atoms with Gasteiger partial charge in [-0.15, -0.1) is 0 Å². The molecule has 5 nitrogen and oxygen atoms in total. The van der Waals surface area contributed by atoms with Crippen molar-refractivity contribution >= 4 is 44.9 Å². The Labute approximate surface area is 178 Å². The van der Waals surface area contributed by atoms with Crippen LogP contribution in [-0.2, 0) is 16.4 Å². The lowest BCUT2D eigenvalue weighted by atomic mass is 10.2. The highest BCUT2D eigenvalue weighted by molar-refractivity contribution is 7.93. The molecule has 0 radical (unpaired) electrons. The second-order valence-corrected chi connectivity index (χ2v) is 9.12. The van der Waals surface area contributed by atoms with Gasteiger partial charge in [0.25, 0.3) is 10.0 Å². The topological polar surface area (TPSA) is 63.7 Å². The van der Waals surface area contributed by atoms with Crippen LogP contribution in [0.25, 0.3) is 0 Å². The number of carbonyl (C=O) groups is 1. The van der Waals surface area contributed by atoms with Crippen LogP contribution >= 0.6 is 23.2 Å². The van der Waals surface area contributed by atoms with E-state index in [0.29, 0.717) is 29.4 Å². The Morgan fingerprint density at radius 3 is 2.45 bits per heavy atom. The van der Waals surface area contributed by atoms with Gasteiger partial charge in [0, 0.05) is 11.6 Å². The maximum atomic E-state index is 13.3. The molecule has 1 aliphatic heterocycles. The second-order valence-electron chi connectivity index (χ2n) is 6.44. The van der Waals surface area contributed by atoms with E-state index in [4.69, 9.17) is 27.9 Å². The van der Waals surface area contributed by atoms with E-state index >= 15 is 0 Å². The maximum Gasteiger partial charge on any atom is 0.343 e. The highest BCUT2D eigenvalue weighted by Crippen LogP contribution is 2.35. The number of halogens is 2. The Balaban J connectivity index is 1.66. The monoisotopic (exact) mass is 447 g/mol. The lowest BCUT2D eigenvalue weighted by Gasteiger charge is -2.20. The molecule has 3 aromatic carbocycles. The van der Waals surface area contributed by atoms with Crippen LogP contribution in [0.5, 0.6) is 5.75 Å². The first kappa shape index (κ1) is 19.8. The number of benzene rings is 3. The number of esters is 1. The molecule has 0 saturated heterocycles. The third-order valence-corrected chi connectivity index (χ3v) is 7.15. The third kappa shape index (κ3) is 3.83. The Kier molecular flexibility index (Phi) is 5.25. The number of nitrogens with zero attached hydrogens (tertiary/aromatic N) is 1. The van der Waals surface area contributed by atoms with E-state index in [1.54, 1.807) is 36.4 Å². The van der Waals surface area contributed by atoms with Crippen molar-refractivity contribution < 1.29 is 17.9 Å². The van der Waals surface area contributed by atoms with Crippen LogP contribution < -0.4 is 9.04 Å². The molecule has 1 heterocycles. The molecule has 0 N–H and O–H groups in total. The fourth-order valence-corrected chi connectivity index (χ4v) is 5.31. The molecule has 0 aliphatic carbocycles. The molecule has 0 atom stereocenters. The van der Waals surface area contributed by atoms with Gasteiger partial charge >= 0.3 is 5.97 Å². The number of ether oxygens (including phenoxy) is 1. The number of para-hydroxylation sites is 1. The number of hydrogen-bond acceptors (Lipinski definition) is 4. The number of hydrogen-bond donors (Lipinski definition) is 0. The first-order valence-corrected chi connectivity index (χ1v) is 10.9. The van der Waals surface area contributed by atoms with Crippen molar-refractivity contribution in [2.75, 3.05) is 10.8 Å². The van der Waals surface area contributed by atoms with Gasteiger partial charge in [-0.2, -0.15) is 0 Å². The van der Waals surface area contributed by atoms with E-state index in [2.05, 4.69) is 0 Å². The summed E-state index contributed by atoms with van der Waals surface area (Å²) in [6, 6.07) is 17.6. The Hall–Kier alpha value is -2.54. The maximum absolute atomic E-state index is 13.3. The lowest BCUT2D eigenvalue weighted by Crippen LogP contribution is -2.29. The molecule has 0 unspecified atom stereocenters. The van der Waals surface area contributed by atoms with E-state index in [1.165, 1.54) is 22.5 Å². The minimum atomic E-state index is -3.94. The van der Waals surface area contributed by atoms with Crippen LogP contribution in [0.4, 0.5) is 5.69 Å². The zero-order chi connectivity index (χ0) is 20.6. The fraction of sp³-hybridized carbons (Fsp3) is 0.0952. The van der Waals surface area contributed by atoms with Crippen LogP contribution in [0.2, 0.25) is 10.0 Å². The molecule has 0 fully saturated rings. The number of sulfonamides is 1. The molecule has 0 aromatic heterocycles. The predicted octanol–water partition coefficient (Wildman–Crippen LogP) is 4.96. The van der Waals surface area contributed by atoms with Crippen LogP contribution in [0.1, 0.15) is 15.9 Å². The van der Waals surface area contributed by atoms with Crippen LogP contribution in [0.3, 0.4) is 0 Å². The molecule has 4 rings (SSSR count). The predicted molar refractivity (Wildman–Crippen MR) is 113 cm³/mol. The largest absolute Gasteiger partial charge is 0.423 e. The van der Waals surface area contributed by atoms with Crippen LogP contribution in [-0.4, -0.2) is 20.9 Å². The van der Waals surface area contributed by atoms with Crippen molar-refractivity contribution in [1.29, 1.82) is 0 Å². The fourth-order valence-electron chi connectivity index (χ4n) is 3.17. The minimum absolute atomic E-state index is 0.0393. The summed E-state index contributed by atoms with van der Waals surface area (Å²) in [5, 5.41) is 0.549. The van der Waals surface area contributed by atoms with E-state index in [-0.39, 0.29) is 15.5 Å². The standard InChI is InChI=1S/C21H15Cl2NO4S/c22-16-6-8-17(9-7-16)28-21(25)15-5-10-18(23)20(13-15)29(26,27)24-12-11-14-3-1-2-4-19(14)24/h1-10,13H,11-12H2. The van der Waals surface area contributed by atoms with Gasteiger partial charge in [-0.05, 0) is 60.5 Å². The Bertz CT molecular complexity index is 1190. The molecule has 0 saturated carbocycles. The van der Waals surface area contributed by atoms with E-state index in [0.717, 1.165) is 5.56 Å². The zero-order valence-corrected chi connectivity index (χ0v) is 17.3. The summed E-state index contributed by atoms with van der Waals surface area (Å²) in [4.78, 5) is 12.4. The normalized spacial score (nSPS) is 13.2. The number of rotatable bonds is 4. The quantitative estimate of drug-likeness (QED) is 0.418. The van der Waals surface area contributed by atoms with E-state index in [9.17, 15) is 13.2 Å². The van der Waals surface area contributed by atoms with Gasteiger partial charge < -0.3 is 4.74 Å². The summed E-state index contributed by atoms with van der Waals surface area (Å²) < 4.78 is 33.1. The molecule has 148 valence electrons. The van der Waals surface area contributed by atoms with Crippen molar-refractivity contribution in [2.45, 2.75) is 11.3 Å². The Morgan fingerprint density at radius 1 is 0.966 bits per heavy atom. The smallest absolute Gasteiger partial charge is 0.343 e. The molecule has 8 heteroatoms. The molecule has 3 aromatic rings. The highest BCUT2D eigenvalue weighted by atomic mass is 35.5. The summed E-state index contributed by atoms with van der Waals surface area (Å²) >= 11 is 12.0. The SMILES string of the molecule is O=C(Oc1ccc(Cl)cc1)c1ccc(Cl)c(S(=O)(=O)N2CCc3ccccc32)c1. The van der Waals surface area contributed by atoms with Crippen LogP contribution in [0.15, 0.2) is 71.6 Å². The minimum Gasteiger partial charge on any atom is -0.423 e. The first-order valence-electron chi connectivity index (χ1n) is 8.74. The number of anilines is 1. The van der Waals surface area contributed by atoms with Crippen molar-refractivity contribution in [3.63, 3.8) is 0 Å². The van der Waals surface area contributed by atoms with Crippen molar-refractivity contribution in [3.8, 4) is 5.75 Å². The molecule has 29 heavy (non-hydrogen) atoms. The lowest BCUT2D eigenvalue weighted by molar-refractivity contribution is 0.0734. The van der Waals surface area contributed by atoms with Gasteiger partial charge in [0.05, 0.1) is 16.3 Å². The summed E-state index contributed by atoms with van der Waals surface area (Å²) in [5.74, 6) is -0.394. The summed E-state index contributed by atoms with van der Waals surface area (Å²) in [6.45, 7) is 0.317. The Morgan fingerprint density at radius 2 is 1.69 bits per heavy atom. The van der Waals surface area contributed by atoms with Gasteiger partial charge in [0.15, 0.2) is 0 Å². The van der Waals surface area contributed by atoms with Gasteiger partial charge in [0.2, 0.25) is 0 Å². The van der Waals surface area contributed by atoms with Crippen molar-refractivity contribution in [3.05, 3.63) is 87.9 Å². The third-order valence-electron chi connectivity index (χ3n) is 4.60. The van der Waals surface area contributed by atoms with E-state index < -0.39 is 16.0 Å². The van der Waals surface area contributed by atoms with E-state index in [1.807, 2.05) is 12.1 Å². The van der Waals surface area contributed by atoms with Crippen LogP contribution in [0, 0.1) is 0 Å². The van der Waals surface area contributed by atoms with Gasteiger partial charge in [0.1, 0.15) is 10.6 Å². The van der Waals surface area contributed by atoms with Gasteiger partial charge in [-0.25, -0.2) is 13.2 Å². The first-order chi connectivity index (χ1) is 13.9. The van der Waals surface area contributed by atoms with Crippen molar-refractivity contribution in [2.24, 2.45) is 0 Å². The molecule has 1 aliphatic rings. The number of carbonyl (C=O) groups excluding carboxylic acids is 1. The average Bonchev–Trinajstić information content (AvgIpc) is 3.15. The van der Waals surface area contributed by atoms with Crippen molar-refractivity contribution in [1.82, 2.24) is 0 Å². The second kappa shape index (κ2) is 7.71. The molecule has 0 bridgehead atoms. The molecule has 0 amide bonds. The van der Waals surface area contributed by atoms with Gasteiger partial charge in [-0.3, -0.25) is 4.31 Å². The molecular weight excluding hydrogens is 433 g/mol. The molecular formula is C21H15Cl2NO4S. The average molecular weight is 448 g/mol.